The quantitative estimate of drug-likeness (QED) is 0.885. The van der Waals surface area contributed by atoms with Crippen molar-refractivity contribution in [1.82, 2.24) is 15.1 Å². The second-order valence-electron chi connectivity index (χ2n) is 5.19. The van der Waals surface area contributed by atoms with Crippen LogP contribution in [0.4, 0.5) is 4.39 Å². The first-order chi connectivity index (χ1) is 10.0. The summed E-state index contributed by atoms with van der Waals surface area (Å²) < 4.78 is 12.8. The van der Waals surface area contributed by atoms with Crippen LogP contribution in [-0.4, -0.2) is 54.3 Å². The third kappa shape index (κ3) is 4.82. The Balaban J connectivity index is 1.70. The molecule has 1 aromatic carbocycles. The van der Waals surface area contributed by atoms with Crippen molar-refractivity contribution in [2.45, 2.75) is 13.5 Å². The Labute approximate surface area is 123 Å². The van der Waals surface area contributed by atoms with Crippen LogP contribution < -0.4 is 5.32 Å². The minimum Gasteiger partial charge on any atom is -0.351 e. The SMILES string of the molecule is CC(=O)N1CCN(CC(=O)NCc2ccc(F)cc2)CC1. The van der Waals surface area contributed by atoms with Crippen LogP contribution in [0.3, 0.4) is 0 Å². The fourth-order valence-electron chi connectivity index (χ4n) is 2.28. The van der Waals surface area contributed by atoms with E-state index >= 15 is 0 Å². The first kappa shape index (κ1) is 15.4. The van der Waals surface area contributed by atoms with Gasteiger partial charge < -0.3 is 10.2 Å². The lowest BCUT2D eigenvalue weighted by atomic mass is 10.2. The highest BCUT2D eigenvalue weighted by Crippen LogP contribution is 2.03. The molecule has 0 aromatic heterocycles. The van der Waals surface area contributed by atoms with Gasteiger partial charge in [0.1, 0.15) is 5.82 Å². The number of hydrogen-bond donors (Lipinski definition) is 1. The monoisotopic (exact) mass is 293 g/mol. The minimum atomic E-state index is -0.284. The summed E-state index contributed by atoms with van der Waals surface area (Å²) in [5.41, 5.74) is 0.867. The highest BCUT2D eigenvalue weighted by molar-refractivity contribution is 5.78. The van der Waals surface area contributed by atoms with E-state index in [2.05, 4.69) is 5.32 Å². The zero-order valence-corrected chi connectivity index (χ0v) is 12.1. The van der Waals surface area contributed by atoms with E-state index < -0.39 is 0 Å². The third-order valence-corrected chi connectivity index (χ3v) is 3.59. The van der Waals surface area contributed by atoms with Gasteiger partial charge in [0.2, 0.25) is 11.8 Å². The van der Waals surface area contributed by atoms with Crippen molar-refractivity contribution in [2.24, 2.45) is 0 Å². The van der Waals surface area contributed by atoms with E-state index in [-0.39, 0.29) is 17.6 Å². The summed E-state index contributed by atoms with van der Waals surface area (Å²) in [6.07, 6.45) is 0. The number of carbonyl (C=O) groups excluding carboxylic acids is 2. The highest BCUT2D eigenvalue weighted by atomic mass is 19.1. The Morgan fingerprint density at radius 1 is 1.14 bits per heavy atom. The molecule has 21 heavy (non-hydrogen) atoms. The van der Waals surface area contributed by atoms with E-state index in [0.29, 0.717) is 39.3 Å². The first-order valence-corrected chi connectivity index (χ1v) is 7.03. The Kier molecular flexibility index (Phi) is 5.27. The number of nitrogens with one attached hydrogen (secondary N) is 1. The average Bonchev–Trinajstić information content (AvgIpc) is 2.47. The van der Waals surface area contributed by atoms with Gasteiger partial charge in [0.15, 0.2) is 0 Å². The van der Waals surface area contributed by atoms with E-state index in [0.717, 1.165) is 5.56 Å². The molecule has 0 bridgehead atoms. The molecule has 1 aliphatic heterocycles. The smallest absolute Gasteiger partial charge is 0.234 e. The van der Waals surface area contributed by atoms with Crippen molar-refractivity contribution < 1.29 is 14.0 Å². The lowest BCUT2D eigenvalue weighted by Crippen LogP contribution is -2.50. The summed E-state index contributed by atoms with van der Waals surface area (Å²) in [4.78, 5) is 26.9. The van der Waals surface area contributed by atoms with Gasteiger partial charge in [0.25, 0.3) is 0 Å². The summed E-state index contributed by atoms with van der Waals surface area (Å²) in [6, 6.07) is 6.06. The largest absolute Gasteiger partial charge is 0.351 e. The average molecular weight is 293 g/mol. The van der Waals surface area contributed by atoms with Gasteiger partial charge in [0, 0.05) is 39.6 Å². The molecule has 1 heterocycles. The van der Waals surface area contributed by atoms with Crippen LogP contribution in [0.5, 0.6) is 0 Å². The molecule has 0 unspecified atom stereocenters. The molecule has 0 atom stereocenters. The van der Waals surface area contributed by atoms with Crippen molar-refractivity contribution in [1.29, 1.82) is 0 Å². The molecule has 0 radical (unpaired) electrons. The topological polar surface area (TPSA) is 52.7 Å². The van der Waals surface area contributed by atoms with Crippen LogP contribution >= 0.6 is 0 Å². The molecule has 6 heteroatoms. The van der Waals surface area contributed by atoms with E-state index in [1.807, 2.05) is 4.90 Å². The van der Waals surface area contributed by atoms with Gasteiger partial charge in [-0.25, -0.2) is 4.39 Å². The number of hydrogen-bond acceptors (Lipinski definition) is 3. The molecule has 0 saturated carbocycles. The predicted molar refractivity (Wildman–Crippen MR) is 76.9 cm³/mol. The normalized spacial score (nSPS) is 15.8. The Bertz CT molecular complexity index is 496. The summed E-state index contributed by atoms with van der Waals surface area (Å²) in [5, 5.41) is 2.82. The first-order valence-electron chi connectivity index (χ1n) is 7.03. The second-order valence-corrected chi connectivity index (χ2v) is 5.19. The number of benzene rings is 1. The van der Waals surface area contributed by atoms with Gasteiger partial charge in [-0.1, -0.05) is 12.1 Å². The number of piperazine rings is 1. The molecule has 0 aliphatic carbocycles. The van der Waals surface area contributed by atoms with Gasteiger partial charge >= 0.3 is 0 Å². The second kappa shape index (κ2) is 7.17. The maximum absolute atomic E-state index is 12.8. The molecule has 2 rings (SSSR count). The summed E-state index contributed by atoms with van der Waals surface area (Å²) in [5.74, 6) is -0.264. The van der Waals surface area contributed by atoms with E-state index in [9.17, 15) is 14.0 Å². The van der Waals surface area contributed by atoms with Crippen molar-refractivity contribution in [3.8, 4) is 0 Å². The van der Waals surface area contributed by atoms with Crippen LogP contribution in [0, 0.1) is 5.82 Å². The van der Waals surface area contributed by atoms with Crippen molar-refractivity contribution >= 4 is 11.8 Å². The molecular weight excluding hydrogens is 273 g/mol. The number of halogens is 1. The minimum absolute atomic E-state index is 0.0596. The van der Waals surface area contributed by atoms with Crippen molar-refractivity contribution in [2.75, 3.05) is 32.7 Å². The molecule has 1 fully saturated rings. The maximum Gasteiger partial charge on any atom is 0.234 e. The van der Waals surface area contributed by atoms with Gasteiger partial charge in [-0.3, -0.25) is 14.5 Å². The number of carbonyl (C=O) groups is 2. The molecule has 114 valence electrons. The number of rotatable bonds is 4. The summed E-state index contributed by atoms with van der Waals surface area (Å²) in [6.45, 7) is 5.04. The molecule has 1 saturated heterocycles. The molecule has 1 aromatic rings. The predicted octanol–water partition coefficient (Wildman–Crippen LogP) is 0.606. The van der Waals surface area contributed by atoms with Gasteiger partial charge in [-0.05, 0) is 17.7 Å². The van der Waals surface area contributed by atoms with Crippen LogP contribution in [0.15, 0.2) is 24.3 Å². The standard InChI is InChI=1S/C15H20FN3O2/c1-12(20)19-8-6-18(7-9-19)11-15(21)17-10-13-2-4-14(16)5-3-13/h2-5H,6-11H2,1H3,(H,17,21). The van der Waals surface area contributed by atoms with Crippen LogP contribution in [0.1, 0.15) is 12.5 Å². The Hall–Kier alpha value is -1.95. The summed E-state index contributed by atoms with van der Waals surface area (Å²) in [7, 11) is 0. The van der Waals surface area contributed by atoms with Crippen LogP contribution in [-0.2, 0) is 16.1 Å². The molecular formula is C15H20FN3O2. The Morgan fingerprint density at radius 3 is 2.33 bits per heavy atom. The van der Waals surface area contributed by atoms with Crippen LogP contribution in [0.25, 0.3) is 0 Å². The fraction of sp³-hybridized carbons (Fsp3) is 0.467. The zero-order chi connectivity index (χ0) is 15.2. The zero-order valence-electron chi connectivity index (χ0n) is 12.1. The number of amides is 2. The molecule has 0 spiro atoms. The molecule has 1 N–H and O–H groups in total. The van der Waals surface area contributed by atoms with E-state index in [1.165, 1.54) is 12.1 Å². The maximum atomic E-state index is 12.8. The lowest BCUT2D eigenvalue weighted by Gasteiger charge is -2.33. The van der Waals surface area contributed by atoms with E-state index in [4.69, 9.17) is 0 Å². The fourth-order valence-corrected chi connectivity index (χ4v) is 2.28. The summed E-state index contributed by atoms with van der Waals surface area (Å²) >= 11 is 0. The molecule has 1 aliphatic rings. The third-order valence-electron chi connectivity index (χ3n) is 3.59. The van der Waals surface area contributed by atoms with Crippen LogP contribution in [0.2, 0.25) is 0 Å². The van der Waals surface area contributed by atoms with Crippen molar-refractivity contribution in [3.05, 3.63) is 35.6 Å². The van der Waals surface area contributed by atoms with Crippen molar-refractivity contribution in [3.63, 3.8) is 0 Å². The van der Waals surface area contributed by atoms with Gasteiger partial charge in [0.05, 0.1) is 6.54 Å². The molecule has 5 nitrogen and oxygen atoms in total. The number of nitrogens with zero attached hydrogens (tertiary/aromatic N) is 2. The van der Waals surface area contributed by atoms with Gasteiger partial charge in [-0.2, -0.15) is 0 Å². The highest BCUT2D eigenvalue weighted by Gasteiger charge is 2.19. The Morgan fingerprint density at radius 2 is 1.76 bits per heavy atom. The molecule has 2 amide bonds. The van der Waals surface area contributed by atoms with Gasteiger partial charge in [-0.15, -0.1) is 0 Å². The van der Waals surface area contributed by atoms with E-state index in [1.54, 1.807) is 24.0 Å². The lowest BCUT2D eigenvalue weighted by molar-refractivity contribution is -0.131.